The lowest BCUT2D eigenvalue weighted by Crippen LogP contribution is -2.50. The summed E-state index contributed by atoms with van der Waals surface area (Å²) in [7, 11) is 0. The highest BCUT2D eigenvalue weighted by Crippen LogP contribution is 2.42. The molecule has 2 N–H and O–H groups in total. The lowest BCUT2D eigenvalue weighted by Gasteiger charge is -2.43. The first-order valence-corrected chi connectivity index (χ1v) is 16.6. The number of aliphatic hydroxyl groups is 1. The predicted octanol–water partition coefficient (Wildman–Crippen LogP) is 7.24. The Morgan fingerprint density at radius 2 is 1.41 bits per heavy atom. The molecular formula is C39H38ClN3O3. The van der Waals surface area contributed by atoms with E-state index in [0.29, 0.717) is 49.7 Å². The van der Waals surface area contributed by atoms with Crippen LogP contribution in [0.2, 0.25) is 5.02 Å². The highest BCUT2D eigenvalue weighted by atomic mass is 35.5. The van der Waals surface area contributed by atoms with Crippen molar-refractivity contribution >= 4 is 34.1 Å². The van der Waals surface area contributed by atoms with Crippen molar-refractivity contribution in [3.63, 3.8) is 0 Å². The molecule has 1 aromatic heterocycles. The standard InChI is InChI=1S/C39H38ClN3O3/c40-32-18-19-34-33(25-32)35(27-11-4-1-5-12-27)36(37(44)41-34)43-22-10-13-28(26-43)38(45)42-23-20-31(21-24-42)39(46,29-14-6-2-7-15-29)30-16-8-3-9-17-30/h1-9,11-12,14-19,25,28,31,46H,10,13,20-24,26H2,(H,41,44)/t28-/m0/s1. The van der Waals surface area contributed by atoms with Crippen molar-refractivity contribution in [3.05, 3.63) is 136 Å². The number of halogens is 1. The van der Waals surface area contributed by atoms with Crippen LogP contribution >= 0.6 is 11.6 Å². The largest absolute Gasteiger partial charge is 0.380 e. The number of carbonyl (C=O) groups is 1. The van der Waals surface area contributed by atoms with Crippen LogP contribution in [0.25, 0.3) is 22.0 Å². The summed E-state index contributed by atoms with van der Waals surface area (Å²) >= 11 is 6.44. The normalized spacial score (nSPS) is 17.7. The van der Waals surface area contributed by atoms with Crippen molar-refractivity contribution in [3.8, 4) is 11.1 Å². The minimum absolute atomic E-state index is 0.0272. The van der Waals surface area contributed by atoms with Gasteiger partial charge in [0.15, 0.2) is 0 Å². The van der Waals surface area contributed by atoms with Crippen molar-refractivity contribution in [2.24, 2.45) is 11.8 Å². The number of fused-ring (bicyclic) bond motifs is 1. The van der Waals surface area contributed by atoms with Crippen LogP contribution < -0.4 is 10.5 Å². The summed E-state index contributed by atoms with van der Waals surface area (Å²) in [6.07, 6.45) is 3.00. The van der Waals surface area contributed by atoms with Gasteiger partial charge < -0.3 is 19.9 Å². The molecule has 1 amide bonds. The molecule has 2 fully saturated rings. The van der Waals surface area contributed by atoms with Gasteiger partial charge in [-0.3, -0.25) is 9.59 Å². The Labute approximate surface area is 274 Å². The molecular weight excluding hydrogens is 594 g/mol. The number of carbonyl (C=O) groups excluding carboxylic acids is 1. The zero-order valence-corrected chi connectivity index (χ0v) is 26.5. The predicted molar refractivity (Wildman–Crippen MR) is 185 cm³/mol. The number of nitrogens with one attached hydrogen (secondary N) is 1. The van der Waals surface area contributed by atoms with Gasteiger partial charge in [-0.2, -0.15) is 0 Å². The highest BCUT2D eigenvalue weighted by molar-refractivity contribution is 6.31. The molecule has 5 aromatic rings. The van der Waals surface area contributed by atoms with E-state index in [1.807, 2.05) is 108 Å². The van der Waals surface area contributed by atoms with Crippen molar-refractivity contribution in [2.75, 3.05) is 31.1 Å². The van der Waals surface area contributed by atoms with Crippen LogP contribution in [-0.2, 0) is 10.4 Å². The van der Waals surface area contributed by atoms with E-state index in [1.54, 1.807) is 6.07 Å². The molecule has 0 spiro atoms. The number of rotatable bonds is 6. The second-order valence-corrected chi connectivity index (χ2v) is 13.1. The zero-order valence-electron chi connectivity index (χ0n) is 25.7. The van der Waals surface area contributed by atoms with Crippen LogP contribution in [-0.4, -0.2) is 47.1 Å². The maximum Gasteiger partial charge on any atom is 0.272 e. The van der Waals surface area contributed by atoms with Crippen LogP contribution in [0.4, 0.5) is 5.69 Å². The van der Waals surface area contributed by atoms with E-state index in [0.717, 1.165) is 46.0 Å². The van der Waals surface area contributed by atoms with Gasteiger partial charge >= 0.3 is 0 Å². The van der Waals surface area contributed by atoms with Gasteiger partial charge in [-0.1, -0.05) is 103 Å². The molecule has 0 unspecified atom stereocenters. The molecule has 7 rings (SSSR count). The molecule has 0 aliphatic carbocycles. The molecule has 234 valence electrons. The fourth-order valence-corrected chi connectivity index (χ4v) is 7.81. The number of likely N-dealkylation sites (tertiary alicyclic amines) is 1. The lowest BCUT2D eigenvalue weighted by molar-refractivity contribution is -0.138. The van der Waals surface area contributed by atoms with E-state index in [4.69, 9.17) is 11.6 Å². The number of anilines is 1. The van der Waals surface area contributed by atoms with E-state index in [9.17, 15) is 14.7 Å². The van der Waals surface area contributed by atoms with Crippen LogP contribution in [0.1, 0.15) is 36.8 Å². The van der Waals surface area contributed by atoms with Gasteiger partial charge in [0.2, 0.25) is 5.91 Å². The fraction of sp³-hybridized carbons (Fsp3) is 0.282. The molecule has 46 heavy (non-hydrogen) atoms. The second kappa shape index (κ2) is 12.8. The maximum atomic E-state index is 14.1. The Kier molecular flexibility index (Phi) is 8.41. The fourth-order valence-electron chi connectivity index (χ4n) is 7.63. The Bertz CT molecular complexity index is 1850. The third-order valence-electron chi connectivity index (χ3n) is 9.93. The van der Waals surface area contributed by atoms with Gasteiger partial charge in [-0.25, -0.2) is 0 Å². The summed E-state index contributed by atoms with van der Waals surface area (Å²) in [5.41, 5.74) is 3.57. The number of aromatic nitrogens is 1. The van der Waals surface area contributed by atoms with Gasteiger partial charge in [0.05, 0.1) is 5.92 Å². The van der Waals surface area contributed by atoms with E-state index < -0.39 is 5.60 Å². The van der Waals surface area contributed by atoms with Crippen LogP contribution in [0.15, 0.2) is 114 Å². The number of H-pyrrole nitrogens is 1. The molecule has 2 saturated heterocycles. The Hall–Kier alpha value is -4.39. The molecule has 2 aliphatic heterocycles. The van der Waals surface area contributed by atoms with Crippen LogP contribution in [0.3, 0.4) is 0 Å². The first-order chi connectivity index (χ1) is 22.4. The van der Waals surface area contributed by atoms with Crippen molar-refractivity contribution < 1.29 is 9.90 Å². The summed E-state index contributed by atoms with van der Waals surface area (Å²) in [5, 5.41) is 13.8. The number of piperidine rings is 2. The smallest absolute Gasteiger partial charge is 0.272 e. The molecule has 0 saturated carbocycles. The monoisotopic (exact) mass is 631 g/mol. The lowest BCUT2D eigenvalue weighted by atomic mass is 9.72. The number of hydrogen-bond acceptors (Lipinski definition) is 4. The van der Waals surface area contributed by atoms with Gasteiger partial charge in [0.1, 0.15) is 11.3 Å². The maximum absolute atomic E-state index is 14.1. The number of aromatic amines is 1. The van der Waals surface area contributed by atoms with E-state index in [-0.39, 0.29) is 23.3 Å². The van der Waals surface area contributed by atoms with Crippen molar-refractivity contribution in [1.29, 1.82) is 0 Å². The summed E-state index contributed by atoms with van der Waals surface area (Å²) in [5.74, 6) is -0.112. The zero-order chi connectivity index (χ0) is 31.7. The summed E-state index contributed by atoms with van der Waals surface area (Å²) in [6, 6.07) is 35.2. The third-order valence-corrected chi connectivity index (χ3v) is 10.2. The minimum atomic E-state index is -1.13. The molecule has 1 atom stereocenters. The van der Waals surface area contributed by atoms with Crippen LogP contribution in [0, 0.1) is 11.8 Å². The average molecular weight is 632 g/mol. The molecule has 0 radical (unpaired) electrons. The van der Waals surface area contributed by atoms with E-state index >= 15 is 0 Å². The van der Waals surface area contributed by atoms with Gasteiger partial charge in [0, 0.05) is 47.7 Å². The molecule has 7 heteroatoms. The third kappa shape index (κ3) is 5.61. The quantitative estimate of drug-likeness (QED) is 0.207. The SMILES string of the molecule is O=C([C@H]1CCCN(c2c(-c3ccccc3)c3cc(Cl)ccc3[nH]c2=O)C1)N1CCC(C(O)(c2ccccc2)c2ccccc2)CC1. The second-order valence-electron chi connectivity index (χ2n) is 12.6. The van der Waals surface area contributed by atoms with E-state index in [1.165, 1.54) is 0 Å². The Balaban J connectivity index is 1.13. The summed E-state index contributed by atoms with van der Waals surface area (Å²) in [6.45, 7) is 2.35. The number of nitrogens with zero attached hydrogens (tertiary/aromatic N) is 2. The highest BCUT2D eigenvalue weighted by Gasteiger charge is 2.43. The van der Waals surface area contributed by atoms with E-state index in [2.05, 4.69) is 9.88 Å². The molecule has 2 aliphatic rings. The van der Waals surface area contributed by atoms with Gasteiger partial charge in [0.25, 0.3) is 5.56 Å². The number of amides is 1. The minimum Gasteiger partial charge on any atom is -0.380 e. The Morgan fingerprint density at radius 1 is 0.804 bits per heavy atom. The molecule has 0 bridgehead atoms. The van der Waals surface area contributed by atoms with Crippen molar-refractivity contribution in [2.45, 2.75) is 31.3 Å². The number of hydrogen-bond donors (Lipinski definition) is 2. The molecule has 4 aromatic carbocycles. The summed E-state index contributed by atoms with van der Waals surface area (Å²) < 4.78 is 0. The first kappa shape index (κ1) is 30.3. The number of pyridine rings is 1. The Morgan fingerprint density at radius 3 is 2.04 bits per heavy atom. The first-order valence-electron chi connectivity index (χ1n) is 16.2. The topological polar surface area (TPSA) is 76.6 Å². The number of benzene rings is 4. The van der Waals surface area contributed by atoms with Gasteiger partial charge in [-0.15, -0.1) is 0 Å². The average Bonchev–Trinajstić information content (AvgIpc) is 3.12. The van der Waals surface area contributed by atoms with Gasteiger partial charge in [-0.05, 0) is 66.5 Å². The van der Waals surface area contributed by atoms with Crippen molar-refractivity contribution in [1.82, 2.24) is 9.88 Å². The van der Waals surface area contributed by atoms with Crippen LogP contribution in [0.5, 0.6) is 0 Å². The molecule has 6 nitrogen and oxygen atoms in total. The molecule has 3 heterocycles. The summed E-state index contributed by atoms with van der Waals surface area (Å²) in [4.78, 5) is 34.9.